The molecule has 3 aromatic rings. The summed E-state index contributed by atoms with van der Waals surface area (Å²) < 4.78 is 27.5. The van der Waals surface area contributed by atoms with Gasteiger partial charge in [0.2, 0.25) is 0 Å². The number of Topliss-reactive ketones (excluding diaryl/α,β-unsaturated/α-hetero) is 1. The summed E-state index contributed by atoms with van der Waals surface area (Å²) in [5, 5.41) is 11.1. The fourth-order valence-electron chi connectivity index (χ4n) is 3.90. The summed E-state index contributed by atoms with van der Waals surface area (Å²) in [7, 11) is -1.15. The Morgan fingerprint density at radius 2 is 2.13 bits per heavy atom. The normalized spacial score (nSPS) is 18.2. The lowest BCUT2D eigenvalue weighted by Gasteiger charge is -2.09. The number of thiophene rings is 1. The Kier molecular flexibility index (Phi) is 5.91. The van der Waals surface area contributed by atoms with Crippen molar-refractivity contribution < 1.29 is 13.2 Å². The van der Waals surface area contributed by atoms with Crippen molar-refractivity contribution in [2.75, 3.05) is 17.3 Å². The molecule has 30 heavy (non-hydrogen) atoms. The van der Waals surface area contributed by atoms with Crippen LogP contribution in [0.1, 0.15) is 44.8 Å². The molecule has 4 rings (SSSR count). The molecule has 1 unspecified atom stereocenters. The van der Waals surface area contributed by atoms with E-state index in [0.29, 0.717) is 17.4 Å². The van der Waals surface area contributed by atoms with Crippen molar-refractivity contribution in [2.45, 2.75) is 37.9 Å². The monoisotopic (exact) mass is 464 g/mol. The summed E-state index contributed by atoms with van der Waals surface area (Å²) >= 11 is 3.05. The van der Waals surface area contributed by atoms with Gasteiger partial charge >= 0.3 is 0 Å². The minimum atomic E-state index is -2.98. The molecule has 0 spiro atoms. The van der Waals surface area contributed by atoms with E-state index >= 15 is 0 Å². The Morgan fingerprint density at radius 3 is 2.80 bits per heavy atom. The summed E-state index contributed by atoms with van der Waals surface area (Å²) in [6.45, 7) is 4.78. The highest BCUT2D eigenvalue weighted by atomic mass is 32.2. The zero-order chi connectivity index (χ0) is 21.5. The van der Waals surface area contributed by atoms with Crippen molar-refractivity contribution in [2.24, 2.45) is 7.05 Å². The Hall–Kier alpha value is -1.91. The molecular weight excluding hydrogens is 440 g/mol. The average Bonchev–Trinajstić information content (AvgIpc) is 3.46. The fraction of sp³-hybridized carbons (Fsp3) is 0.450. The predicted octanol–water partition coefficient (Wildman–Crippen LogP) is 3.22. The van der Waals surface area contributed by atoms with Crippen LogP contribution in [0.4, 0.5) is 0 Å². The molecular formula is C20H24N4O3S3. The Labute approximate surface area is 184 Å². The van der Waals surface area contributed by atoms with Crippen molar-refractivity contribution in [1.29, 1.82) is 0 Å². The van der Waals surface area contributed by atoms with Gasteiger partial charge in [0.1, 0.15) is 5.82 Å². The quantitative estimate of drug-likeness (QED) is 0.394. The first-order valence-corrected chi connectivity index (χ1v) is 13.4. The van der Waals surface area contributed by atoms with E-state index in [0.717, 1.165) is 23.5 Å². The summed E-state index contributed by atoms with van der Waals surface area (Å²) in [6.07, 6.45) is 0.578. The second-order valence-corrected chi connectivity index (χ2v) is 11.9. The molecule has 10 heteroatoms. The van der Waals surface area contributed by atoms with Gasteiger partial charge in [-0.05, 0) is 37.8 Å². The number of nitrogens with zero attached hydrogens (tertiary/aromatic N) is 4. The molecule has 0 aromatic carbocycles. The highest BCUT2D eigenvalue weighted by Gasteiger charge is 2.32. The number of aromatic nitrogens is 4. The van der Waals surface area contributed by atoms with Crippen LogP contribution in [-0.2, 0) is 23.4 Å². The van der Waals surface area contributed by atoms with Gasteiger partial charge in [-0.1, -0.05) is 17.8 Å². The van der Waals surface area contributed by atoms with Gasteiger partial charge in [0.05, 0.1) is 23.8 Å². The maximum atomic E-state index is 12.9. The third kappa shape index (κ3) is 4.26. The van der Waals surface area contributed by atoms with E-state index in [1.165, 1.54) is 16.6 Å². The van der Waals surface area contributed by atoms with Crippen LogP contribution < -0.4 is 0 Å². The number of aryl methyl sites for hydroxylation is 1. The number of hydrogen-bond acceptors (Lipinski definition) is 7. The van der Waals surface area contributed by atoms with Crippen LogP contribution in [0.5, 0.6) is 0 Å². The molecule has 1 aliphatic rings. The van der Waals surface area contributed by atoms with Crippen LogP contribution in [0.3, 0.4) is 0 Å². The third-order valence-electron chi connectivity index (χ3n) is 5.57. The SMILES string of the molecule is Cc1cc(C(=O)CSc2nnc(C3CCS(=O)(=O)C3)n2C)c(C)n1Cc1cccs1. The molecule has 1 fully saturated rings. The maximum Gasteiger partial charge on any atom is 0.191 e. The van der Waals surface area contributed by atoms with E-state index in [9.17, 15) is 13.2 Å². The summed E-state index contributed by atoms with van der Waals surface area (Å²) in [6, 6.07) is 6.09. The van der Waals surface area contributed by atoms with E-state index in [2.05, 4.69) is 26.2 Å². The maximum absolute atomic E-state index is 12.9. The van der Waals surface area contributed by atoms with E-state index in [1.54, 1.807) is 11.3 Å². The molecule has 0 saturated carbocycles. The highest BCUT2D eigenvalue weighted by molar-refractivity contribution is 7.99. The number of carbonyl (C=O) groups excluding carboxylic acids is 1. The minimum absolute atomic E-state index is 0.0542. The summed E-state index contributed by atoms with van der Waals surface area (Å²) in [4.78, 5) is 14.2. The second kappa shape index (κ2) is 8.32. The highest BCUT2D eigenvalue weighted by Crippen LogP contribution is 2.30. The Morgan fingerprint density at radius 1 is 1.33 bits per heavy atom. The first-order valence-electron chi connectivity index (χ1n) is 9.70. The van der Waals surface area contributed by atoms with E-state index in [4.69, 9.17) is 0 Å². The molecule has 1 aliphatic heterocycles. The number of thioether (sulfide) groups is 1. The smallest absolute Gasteiger partial charge is 0.191 e. The molecule has 0 bridgehead atoms. The molecule has 0 amide bonds. The van der Waals surface area contributed by atoms with E-state index in [-0.39, 0.29) is 29.0 Å². The molecule has 0 aliphatic carbocycles. The summed E-state index contributed by atoms with van der Waals surface area (Å²) in [5.41, 5.74) is 2.78. The summed E-state index contributed by atoms with van der Waals surface area (Å²) in [5.74, 6) is 1.20. The molecule has 0 N–H and O–H groups in total. The fourth-order valence-corrected chi connectivity index (χ4v) is 7.13. The van der Waals surface area contributed by atoms with Gasteiger partial charge in [-0.2, -0.15) is 0 Å². The molecule has 0 radical (unpaired) electrons. The van der Waals surface area contributed by atoms with E-state index < -0.39 is 9.84 Å². The molecule has 160 valence electrons. The third-order valence-corrected chi connectivity index (χ3v) is 9.22. The topological polar surface area (TPSA) is 86.9 Å². The Balaban J connectivity index is 1.44. The van der Waals surface area contributed by atoms with Crippen molar-refractivity contribution in [1.82, 2.24) is 19.3 Å². The number of carbonyl (C=O) groups is 1. The van der Waals surface area contributed by atoms with Crippen LogP contribution in [-0.4, -0.2) is 50.8 Å². The zero-order valence-electron chi connectivity index (χ0n) is 17.2. The number of hydrogen-bond donors (Lipinski definition) is 0. The van der Waals surface area contributed by atoms with Gasteiger partial charge in [0.25, 0.3) is 0 Å². The standard InChI is InChI=1S/C20H24N4O3S3/c1-13-9-17(14(2)24(13)10-16-5-4-7-28-16)18(25)11-29-20-22-21-19(23(20)3)15-6-8-30(26,27)12-15/h4-5,7,9,15H,6,8,10-12H2,1-3H3. The number of ketones is 1. The van der Waals surface area contributed by atoms with Gasteiger partial charge in [-0.3, -0.25) is 4.79 Å². The van der Waals surface area contributed by atoms with Gasteiger partial charge < -0.3 is 9.13 Å². The van der Waals surface area contributed by atoms with Crippen LogP contribution >= 0.6 is 23.1 Å². The predicted molar refractivity (Wildman–Crippen MR) is 119 cm³/mol. The van der Waals surface area contributed by atoms with Crippen LogP contribution in [0.15, 0.2) is 28.7 Å². The van der Waals surface area contributed by atoms with Gasteiger partial charge in [0, 0.05) is 34.8 Å². The van der Waals surface area contributed by atoms with Crippen molar-refractivity contribution >= 4 is 38.7 Å². The van der Waals surface area contributed by atoms with Crippen molar-refractivity contribution in [3.63, 3.8) is 0 Å². The van der Waals surface area contributed by atoms with Crippen LogP contribution in [0, 0.1) is 13.8 Å². The first kappa shape index (κ1) is 21.3. The van der Waals surface area contributed by atoms with Gasteiger partial charge in [-0.25, -0.2) is 8.42 Å². The van der Waals surface area contributed by atoms with Crippen molar-refractivity contribution in [3.05, 3.63) is 51.2 Å². The largest absolute Gasteiger partial charge is 0.343 e. The molecule has 7 nitrogen and oxygen atoms in total. The average molecular weight is 465 g/mol. The zero-order valence-corrected chi connectivity index (χ0v) is 19.6. The lowest BCUT2D eigenvalue weighted by molar-refractivity contribution is 0.102. The van der Waals surface area contributed by atoms with Crippen molar-refractivity contribution in [3.8, 4) is 0 Å². The van der Waals surface area contributed by atoms with Crippen LogP contribution in [0.2, 0.25) is 0 Å². The number of sulfone groups is 1. The van der Waals surface area contributed by atoms with Gasteiger partial charge in [-0.15, -0.1) is 21.5 Å². The van der Waals surface area contributed by atoms with Crippen LogP contribution in [0.25, 0.3) is 0 Å². The molecule has 1 atom stereocenters. The Bertz CT molecular complexity index is 1180. The number of rotatable bonds is 7. The lowest BCUT2D eigenvalue weighted by Crippen LogP contribution is -2.10. The minimum Gasteiger partial charge on any atom is -0.343 e. The van der Waals surface area contributed by atoms with Gasteiger partial charge in [0.15, 0.2) is 20.8 Å². The molecule has 3 aromatic heterocycles. The molecule has 1 saturated heterocycles. The second-order valence-electron chi connectivity index (χ2n) is 7.66. The first-order chi connectivity index (χ1) is 14.2. The molecule has 4 heterocycles. The van der Waals surface area contributed by atoms with E-state index in [1.807, 2.05) is 37.6 Å². The lowest BCUT2D eigenvalue weighted by atomic mass is 10.1.